The van der Waals surface area contributed by atoms with Gasteiger partial charge in [-0.2, -0.15) is 0 Å². The quantitative estimate of drug-likeness (QED) is 0.613. The average molecular weight is 294 g/mol. The number of carbonyl (C=O) groups excluding carboxylic acids is 1. The summed E-state index contributed by atoms with van der Waals surface area (Å²) in [6, 6.07) is 2.10. The standard InChI is InChI=1S/C7H10N4O5S2/c8-7(12)5-1-2-6(11-10-5)17(13,14)3-4-18(9,15)16/h1-2H,3-4H2,(H2,8,12)(H2,9,15,16). The van der Waals surface area contributed by atoms with Gasteiger partial charge in [-0.05, 0) is 12.1 Å². The van der Waals surface area contributed by atoms with Crippen molar-refractivity contribution in [3.8, 4) is 0 Å². The molecule has 0 atom stereocenters. The predicted octanol–water partition coefficient (Wildman–Crippen LogP) is -2.36. The fourth-order valence-corrected chi connectivity index (χ4v) is 3.40. The zero-order chi connectivity index (χ0) is 14.0. The van der Waals surface area contributed by atoms with E-state index in [2.05, 4.69) is 10.2 Å². The van der Waals surface area contributed by atoms with Crippen molar-refractivity contribution in [2.75, 3.05) is 11.5 Å². The van der Waals surface area contributed by atoms with Gasteiger partial charge in [-0.3, -0.25) is 4.79 Å². The summed E-state index contributed by atoms with van der Waals surface area (Å²) >= 11 is 0. The highest BCUT2D eigenvalue weighted by molar-refractivity contribution is 7.94. The molecule has 0 bridgehead atoms. The number of primary amides is 1. The van der Waals surface area contributed by atoms with Crippen LogP contribution in [0.5, 0.6) is 0 Å². The van der Waals surface area contributed by atoms with Crippen LogP contribution in [0.1, 0.15) is 10.5 Å². The van der Waals surface area contributed by atoms with Crippen LogP contribution >= 0.6 is 0 Å². The van der Waals surface area contributed by atoms with Crippen molar-refractivity contribution in [1.82, 2.24) is 10.2 Å². The summed E-state index contributed by atoms with van der Waals surface area (Å²) in [5.41, 5.74) is 4.71. The molecule has 1 amide bonds. The minimum absolute atomic E-state index is 0.194. The van der Waals surface area contributed by atoms with E-state index >= 15 is 0 Å². The van der Waals surface area contributed by atoms with Gasteiger partial charge < -0.3 is 5.73 Å². The van der Waals surface area contributed by atoms with Gasteiger partial charge in [0.05, 0.1) is 11.5 Å². The molecule has 1 aromatic heterocycles. The molecule has 0 saturated carbocycles. The third kappa shape index (κ3) is 4.01. The number of carbonyl (C=O) groups is 1. The number of aromatic nitrogens is 2. The van der Waals surface area contributed by atoms with Gasteiger partial charge >= 0.3 is 0 Å². The van der Waals surface area contributed by atoms with Gasteiger partial charge in [-0.15, -0.1) is 10.2 Å². The molecule has 11 heteroatoms. The van der Waals surface area contributed by atoms with Gasteiger partial charge in [-0.1, -0.05) is 0 Å². The minimum Gasteiger partial charge on any atom is -0.364 e. The highest BCUT2D eigenvalue weighted by Crippen LogP contribution is 2.07. The lowest BCUT2D eigenvalue weighted by Gasteiger charge is -2.02. The molecule has 0 aromatic carbocycles. The fraction of sp³-hybridized carbons (Fsp3) is 0.286. The van der Waals surface area contributed by atoms with Crippen LogP contribution in [-0.4, -0.2) is 44.4 Å². The Morgan fingerprint density at radius 1 is 1.11 bits per heavy atom. The maximum absolute atomic E-state index is 11.6. The van der Waals surface area contributed by atoms with Gasteiger partial charge in [-0.25, -0.2) is 22.0 Å². The summed E-state index contributed by atoms with van der Waals surface area (Å²) < 4.78 is 44.6. The maximum Gasteiger partial charge on any atom is 0.269 e. The molecule has 4 N–H and O–H groups in total. The molecule has 1 aromatic rings. The second-order valence-corrected chi connectivity index (χ2v) is 7.10. The number of primary sulfonamides is 1. The Hall–Kier alpha value is -1.59. The first-order valence-corrected chi connectivity index (χ1v) is 7.85. The number of nitrogens with two attached hydrogens (primary N) is 2. The Kier molecular flexibility index (Phi) is 3.98. The van der Waals surface area contributed by atoms with Gasteiger partial charge in [0.2, 0.25) is 10.0 Å². The molecule has 18 heavy (non-hydrogen) atoms. The number of hydrogen-bond donors (Lipinski definition) is 2. The molecule has 1 rings (SSSR count). The van der Waals surface area contributed by atoms with Crippen LogP contribution in [0.2, 0.25) is 0 Å². The monoisotopic (exact) mass is 294 g/mol. The van der Waals surface area contributed by atoms with Crippen molar-refractivity contribution in [2.45, 2.75) is 5.03 Å². The van der Waals surface area contributed by atoms with Crippen molar-refractivity contribution in [2.24, 2.45) is 10.9 Å². The van der Waals surface area contributed by atoms with Gasteiger partial charge in [0.15, 0.2) is 20.6 Å². The molecule has 9 nitrogen and oxygen atoms in total. The van der Waals surface area contributed by atoms with Crippen LogP contribution in [0.15, 0.2) is 17.2 Å². The van der Waals surface area contributed by atoms with Crippen molar-refractivity contribution >= 4 is 25.8 Å². The molecule has 0 saturated heterocycles. The summed E-state index contributed by atoms with van der Waals surface area (Å²) in [5.74, 6) is -2.29. The Labute approximate surface area is 103 Å². The van der Waals surface area contributed by atoms with Crippen LogP contribution < -0.4 is 10.9 Å². The number of sulfonamides is 1. The van der Waals surface area contributed by atoms with Gasteiger partial charge in [0.25, 0.3) is 5.91 Å². The normalized spacial score (nSPS) is 12.3. The first kappa shape index (κ1) is 14.5. The van der Waals surface area contributed by atoms with E-state index in [1.165, 1.54) is 0 Å². The molecule has 0 radical (unpaired) electrons. The first-order valence-electron chi connectivity index (χ1n) is 4.48. The third-order valence-electron chi connectivity index (χ3n) is 1.85. The summed E-state index contributed by atoms with van der Waals surface area (Å²) in [7, 11) is -7.81. The minimum atomic E-state index is -3.92. The van der Waals surface area contributed by atoms with E-state index in [4.69, 9.17) is 10.9 Å². The average Bonchev–Trinajstić information content (AvgIpc) is 2.26. The second-order valence-electron chi connectivity index (χ2n) is 3.31. The lowest BCUT2D eigenvalue weighted by atomic mass is 10.4. The Balaban J connectivity index is 2.96. The molecular formula is C7H10N4O5S2. The Morgan fingerprint density at radius 3 is 2.11 bits per heavy atom. The first-order chi connectivity index (χ1) is 8.12. The predicted molar refractivity (Wildman–Crippen MR) is 60.6 cm³/mol. The number of nitrogens with zero attached hydrogens (tertiary/aromatic N) is 2. The van der Waals surface area contributed by atoms with Crippen molar-refractivity contribution in [3.05, 3.63) is 17.8 Å². The van der Waals surface area contributed by atoms with E-state index < -0.39 is 42.3 Å². The Morgan fingerprint density at radius 2 is 1.72 bits per heavy atom. The highest BCUT2D eigenvalue weighted by atomic mass is 32.2. The van der Waals surface area contributed by atoms with Crippen LogP contribution in [0.4, 0.5) is 0 Å². The molecule has 1 heterocycles. The number of rotatable bonds is 5. The number of sulfone groups is 1. The number of amides is 1. The third-order valence-corrected chi connectivity index (χ3v) is 4.48. The molecule has 0 aliphatic heterocycles. The number of hydrogen-bond acceptors (Lipinski definition) is 7. The van der Waals surface area contributed by atoms with Gasteiger partial charge in [0.1, 0.15) is 0 Å². The maximum atomic E-state index is 11.6. The van der Waals surface area contributed by atoms with Crippen LogP contribution in [0.25, 0.3) is 0 Å². The largest absolute Gasteiger partial charge is 0.364 e. The molecule has 0 unspecified atom stereocenters. The Bertz CT molecular complexity index is 650. The molecule has 0 spiro atoms. The van der Waals surface area contributed by atoms with E-state index in [1.54, 1.807) is 0 Å². The van der Waals surface area contributed by atoms with E-state index in [0.717, 1.165) is 12.1 Å². The van der Waals surface area contributed by atoms with Crippen molar-refractivity contribution < 1.29 is 21.6 Å². The lowest BCUT2D eigenvalue weighted by Crippen LogP contribution is -2.24. The summed E-state index contributed by atoms with van der Waals surface area (Å²) in [4.78, 5) is 10.7. The van der Waals surface area contributed by atoms with E-state index in [9.17, 15) is 21.6 Å². The van der Waals surface area contributed by atoms with Crippen molar-refractivity contribution in [1.29, 1.82) is 0 Å². The fourth-order valence-electron chi connectivity index (χ4n) is 0.948. The van der Waals surface area contributed by atoms with E-state index in [-0.39, 0.29) is 5.69 Å². The zero-order valence-corrected chi connectivity index (χ0v) is 10.6. The summed E-state index contributed by atoms with van der Waals surface area (Å²) in [5, 5.41) is 10.8. The van der Waals surface area contributed by atoms with Crippen LogP contribution in [-0.2, 0) is 19.9 Å². The zero-order valence-electron chi connectivity index (χ0n) is 8.98. The molecule has 0 fully saturated rings. The second kappa shape index (κ2) is 4.96. The van der Waals surface area contributed by atoms with Crippen molar-refractivity contribution in [3.63, 3.8) is 0 Å². The van der Waals surface area contributed by atoms with E-state index in [0.29, 0.717) is 0 Å². The van der Waals surface area contributed by atoms with Crippen LogP contribution in [0, 0.1) is 0 Å². The molecular weight excluding hydrogens is 284 g/mol. The summed E-state index contributed by atoms with van der Waals surface area (Å²) in [6.45, 7) is 0. The molecule has 100 valence electrons. The molecule has 0 aliphatic rings. The van der Waals surface area contributed by atoms with Gasteiger partial charge in [0, 0.05) is 0 Å². The summed E-state index contributed by atoms with van der Waals surface area (Å²) in [6.07, 6.45) is 0. The van der Waals surface area contributed by atoms with E-state index in [1.807, 2.05) is 0 Å². The smallest absolute Gasteiger partial charge is 0.269 e. The highest BCUT2D eigenvalue weighted by Gasteiger charge is 2.20. The SMILES string of the molecule is NC(=O)c1ccc(S(=O)(=O)CCS(N)(=O)=O)nn1. The lowest BCUT2D eigenvalue weighted by molar-refractivity contribution is 0.0994. The molecule has 0 aliphatic carbocycles. The topological polar surface area (TPSA) is 163 Å². The van der Waals surface area contributed by atoms with Crippen LogP contribution in [0.3, 0.4) is 0 Å².